The number of anilines is 1. The molecule has 1 N–H and O–H groups in total. The molecule has 1 heterocycles. The first-order valence-corrected chi connectivity index (χ1v) is 11.7. The van der Waals surface area contributed by atoms with Crippen molar-refractivity contribution in [1.82, 2.24) is 5.32 Å². The average Bonchev–Trinajstić information content (AvgIpc) is 2.69. The van der Waals surface area contributed by atoms with Crippen LogP contribution >= 0.6 is 0 Å². The van der Waals surface area contributed by atoms with E-state index in [0.717, 1.165) is 16.1 Å². The Morgan fingerprint density at radius 2 is 1.84 bits per heavy atom. The highest BCUT2D eigenvalue weighted by Gasteiger charge is 2.35. The zero-order chi connectivity index (χ0) is 22.8. The molecule has 3 rings (SSSR count). The minimum absolute atomic E-state index is 0.292. The normalized spacial score (nSPS) is 17.1. The highest BCUT2D eigenvalue weighted by Crippen LogP contribution is 2.39. The Labute approximate surface area is 183 Å². The van der Waals surface area contributed by atoms with Gasteiger partial charge in [-0.2, -0.15) is 0 Å². The van der Waals surface area contributed by atoms with Gasteiger partial charge < -0.3 is 19.5 Å². The average molecular weight is 449 g/mol. The molecule has 0 aliphatic carbocycles. The lowest BCUT2D eigenvalue weighted by Crippen LogP contribution is -2.45. The molecule has 2 aromatic carbocycles. The summed E-state index contributed by atoms with van der Waals surface area (Å²) < 4.78 is 42.5. The second-order valence-corrected chi connectivity index (χ2v) is 9.94. The second kappa shape index (κ2) is 8.66. The lowest BCUT2D eigenvalue weighted by Gasteiger charge is -2.38. The van der Waals surface area contributed by atoms with Crippen LogP contribution in [0.15, 0.2) is 42.5 Å². The predicted octanol–water partition coefficient (Wildman–Crippen LogP) is 2.89. The van der Waals surface area contributed by atoms with E-state index >= 15 is 0 Å². The van der Waals surface area contributed by atoms with Crippen molar-refractivity contribution < 1.29 is 27.4 Å². The van der Waals surface area contributed by atoms with Crippen molar-refractivity contribution in [3.05, 3.63) is 48.0 Å². The van der Waals surface area contributed by atoms with Crippen molar-refractivity contribution in [3.63, 3.8) is 0 Å². The SMILES string of the molecule is COc1ccc(N(CC(=O)N[C@@H]2CC(C)(C)Oc3ccccc32)S(C)(=O)=O)cc1OC. The predicted molar refractivity (Wildman–Crippen MR) is 118 cm³/mol. The Hall–Kier alpha value is -2.94. The van der Waals surface area contributed by atoms with Crippen LogP contribution in [0.2, 0.25) is 0 Å². The van der Waals surface area contributed by atoms with Crippen LogP contribution in [0.1, 0.15) is 31.9 Å². The van der Waals surface area contributed by atoms with Gasteiger partial charge in [-0.15, -0.1) is 0 Å². The molecule has 0 saturated heterocycles. The standard InChI is InChI=1S/C22H28N2O6S/c1-22(2)13-17(16-8-6-7-9-18(16)30-22)23-21(25)14-24(31(5,26)27)15-10-11-19(28-3)20(12-15)29-4/h6-12,17H,13-14H2,1-5H3,(H,23,25)/t17-/m1/s1. The monoisotopic (exact) mass is 448 g/mol. The molecule has 0 spiro atoms. The number of rotatable bonds is 7. The molecule has 1 atom stereocenters. The Bertz CT molecular complexity index is 1070. The highest BCUT2D eigenvalue weighted by molar-refractivity contribution is 7.92. The molecule has 8 nitrogen and oxygen atoms in total. The molecule has 0 aromatic heterocycles. The zero-order valence-corrected chi connectivity index (χ0v) is 19.2. The van der Waals surface area contributed by atoms with E-state index in [0.29, 0.717) is 29.4 Å². The summed E-state index contributed by atoms with van der Waals surface area (Å²) >= 11 is 0. The van der Waals surface area contributed by atoms with E-state index < -0.39 is 21.5 Å². The van der Waals surface area contributed by atoms with Crippen molar-refractivity contribution in [3.8, 4) is 17.2 Å². The molecule has 31 heavy (non-hydrogen) atoms. The molecule has 0 unspecified atom stereocenters. The third kappa shape index (κ3) is 5.22. The molecule has 0 fully saturated rings. The largest absolute Gasteiger partial charge is 0.493 e. The number of ether oxygens (including phenoxy) is 3. The van der Waals surface area contributed by atoms with E-state index in [1.54, 1.807) is 12.1 Å². The maximum absolute atomic E-state index is 12.9. The molecule has 1 aliphatic rings. The van der Waals surface area contributed by atoms with Gasteiger partial charge in [0.1, 0.15) is 17.9 Å². The molecule has 0 saturated carbocycles. The van der Waals surface area contributed by atoms with E-state index in [9.17, 15) is 13.2 Å². The number of nitrogens with one attached hydrogen (secondary N) is 1. The van der Waals surface area contributed by atoms with Crippen LogP contribution in [0.4, 0.5) is 5.69 Å². The fraction of sp³-hybridized carbons (Fsp3) is 0.409. The first kappa shape index (κ1) is 22.7. The quantitative estimate of drug-likeness (QED) is 0.700. The van der Waals surface area contributed by atoms with Crippen molar-refractivity contribution in [2.45, 2.75) is 31.9 Å². The third-order valence-corrected chi connectivity index (χ3v) is 6.19. The van der Waals surface area contributed by atoms with Gasteiger partial charge in [-0.25, -0.2) is 8.42 Å². The summed E-state index contributed by atoms with van der Waals surface area (Å²) in [6.45, 7) is 3.54. The molecule has 2 aromatic rings. The van der Waals surface area contributed by atoms with Crippen LogP contribution in [0.25, 0.3) is 0 Å². The van der Waals surface area contributed by atoms with E-state index in [1.165, 1.54) is 20.3 Å². The third-order valence-electron chi connectivity index (χ3n) is 5.05. The van der Waals surface area contributed by atoms with Gasteiger partial charge in [-0.1, -0.05) is 18.2 Å². The number of hydrogen-bond donors (Lipinski definition) is 1. The second-order valence-electron chi connectivity index (χ2n) is 8.03. The van der Waals surface area contributed by atoms with Crippen LogP contribution in [0.3, 0.4) is 0 Å². The van der Waals surface area contributed by atoms with E-state index in [2.05, 4.69) is 5.32 Å². The molecule has 0 bridgehead atoms. The van der Waals surface area contributed by atoms with Crippen LogP contribution in [0.5, 0.6) is 17.2 Å². The van der Waals surface area contributed by atoms with Crippen molar-refractivity contribution in [1.29, 1.82) is 0 Å². The Balaban J connectivity index is 1.85. The lowest BCUT2D eigenvalue weighted by atomic mass is 9.89. The zero-order valence-electron chi connectivity index (χ0n) is 18.3. The fourth-order valence-corrected chi connectivity index (χ4v) is 4.53. The number of amides is 1. The highest BCUT2D eigenvalue weighted by atomic mass is 32.2. The van der Waals surface area contributed by atoms with Crippen LogP contribution in [-0.2, 0) is 14.8 Å². The van der Waals surface area contributed by atoms with Gasteiger partial charge in [-0.3, -0.25) is 9.10 Å². The van der Waals surface area contributed by atoms with Gasteiger partial charge in [-0.05, 0) is 32.0 Å². The number of nitrogens with zero attached hydrogens (tertiary/aromatic N) is 1. The topological polar surface area (TPSA) is 94.2 Å². The minimum Gasteiger partial charge on any atom is -0.493 e. The molecular formula is C22H28N2O6S. The number of hydrogen-bond acceptors (Lipinski definition) is 6. The fourth-order valence-electron chi connectivity index (χ4n) is 3.68. The first-order valence-electron chi connectivity index (χ1n) is 9.81. The van der Waals surface area contributed by atoms with Crippen LogP contribution in [-0.4, -0.2) is 46.9 Å². The number of sulfonamides is 1. The van der Waals surface area contributed by atoms with E-state index in [4.69, 9.17) is 14.2 Å². The molecule has 168 valence electrons. The maximum Gasteiger partial charge on any atom is 0.241 e. The summed E-state index contributed by atoms with van der Waals surface area (Å²) in [5, 5.41) is 2.97. The van der Waals surface area contributed by atoms with E-state index in [-0.39, 0.29) is 12.6 Å². The van der Waals surface area contributed by atoms with Crippen LogP contribution in [0, 0.1) is 0 Å². The number of para-hydroxylation sites is 1. The Morgan fingerprint density at radius 3 is 2.48 bits per heavy atom. The Morgan fingerprint density at radius 1 is 1.16 bits per heavy atom. The summed E-state index contributed by atoms with van der Waals surface area (Å²) in [6, 6.07) is 11.9. The lowest BCUT2D eigenvalue weighted by molar-refractivity contribution is -0.120. The van der Waals surface area contributed by atoms with Gasteiger partial charge in [0.25, 0.3) is 0 Å². The van der Waals surface area contributed by atoms with E-state index in [1.807, 2.05) is 38.1 Å². The smallest absolute Gasteiger partial charge is 0.241 e. The summed E-state index contributed by atoms with van der Waals surface area (Å²) in [6.07, 6.45) is 1.62. The molecule has 9 heteroatoms. The van der Waals surface area contributed by atoms with Gasteiger partial charge >= 0.3 is 0 Å². The van der Waals surface area contributed by atoms with Crippen molar-refractivity contribution in [2.24, 2.45) is 0 Å². The van der Waals surface area contributed by atoms with Crippen molar-refractivity contribution >= 4 is 21.6 Å². The molecule has 0 radical (unpaired) electrons. The van der Waals surface area contributed by atoms with Crippen molar-refractivity contribution in [2.75, 3.05) is 31.3 Å². The summed E-state index contributed by atoms with van der Waals surface area (Å²) in [7, 11) is -0.776. The minimum atomic E-state index is -3.73. The summed E-state index contributed by atoms with van der Waals surface area (Å²) in [5.41, 5.74) is 0.710. The molecular weight excluding hydrogens is 420 g/mol. The Kier molecular flexibility index (Phi) is 6.35. The summed E-state index contributed by atoms with van der Waals surface area (Å²) in [4.78, 5) is 12.9. The van der Waals surface area contributed by atoms with Gasteiger partial charge in [0, 0.05) is 18.1 Å². The molecule has 1 aliphatic heterocycles. The first-order chi connectivity index (χ1) is 14.5. The number of benzene rings is 2. The number of fused-ring (bicyclic) bond motifs is 1. The maximum atomic E-state index is 12.9. The van der Waals surface area contributed by atoms with Gasteiger partial charge in [0.05, 0.1) is 32.2 Å². The number of carbonyl (C=O) groups is 1. The number of carbonyl (C=O) groups excluding carboxylic acids is 1. The molecule has 1 amide bonds. The summed E-state index contributed by atoms with van der Waals surface area (Å²) in [5.74, 6) is 1.13. The van der Waals surface area contributed by atoms with Gasteiger partial charge in [0.15, 0.2) is 11.5 Å². The number of methoxy groups -OCH3 is 2. The van der Waals surface area contributed by atoms with Gasteiger partial charge in [0.2, 0.25) is 15.9 Å². The van der Waals surface area contributed by atoms with Crippen LogP contribution < -0.4 is 23.8 Å².